The number of rotatable bonds is 5. The summed E-state index contributed by atoms with van der Waals surface area (Å²) >= 11 is 0. The summed E-state index contributed by atoms with van der Waals surface area (Å²) in [5.41, 5.74) is 1.31. The number of hydrogen-bond donors (Lipinski definition) is 2. The fraction of sp³-hybridized carbons (Fsp3) is 0.357. The van der Waals surface area contributed by atoms with Crippen molar-refractivity contribution in [3.8, 4) is 0 Å². The van der Waals surface area contributed by atoms with Crippen LogP contribution in [0.15, 0.2) is 16.8 Å². The van der Waals surface area contributed by atoms with Crippen LogP contribution in [-0.2, 0) is 17.8 Å². The van der Waals surface area contributed by atoms with Crippen LogP contribution >= 0.6 is 0 Å². The summed E-state index contributed by atoms with van der Waals surface area (Å²) in [6.07, 6.45) is 1.71. The lowest BCUT2D eigenvalue weighted by Crippen LogP contribution is -2.19. The molecule has 2 N–H and O–H groups in total. The summed E-state index contributed by atoms with van der Waals surface area (Å²) in [5.74, 6) is -0.455. The van der Waals surface area contributed by atoms with E-state index in [1.807, 2.05) is 6.92 Å². The molecule has 0 bridgehead atoms. The van der Waals surface area contributed by atoms with E-state index in [1.54, 1.807) is 30.7 Å². The molecule has 2 aromatic rings. The summed E-state index contributed by atoms with van der Waals surface area (Å²) in [4.78, 5) is 23.4. The topological polar surface area (TPSA) is 97.4 Å². The van der Waals surface area contributed by atoms with E-state index in [0.29, 0.717) is 29.4 Å². The third kappa shape index (κ3) is 3.13. The maximum absolute atomic E-state index is 12.0. The standard InChI is InChI=1S/C14H17N3O4/c1-4-17-7-8(2)13(14(19)20)10(17)6-12(18)15-11-5-9(3)21-16-11/h5,7H,4,6H2,1-3H3,(H,19,20)(H,15,16,18). The molecule has 0 aromatic carbocycles. The molecule has 7 heteroatoms. The minimum absolute atomic E-state index is 0.0325. The molecule has 0 aliphatic carbocycles. The fourth-order valence-corrected chi connectivity index (χ4v) is 2.28. The molecular formula is C14H17N3O4. The smallest absolute Gasteiger partial charge is 0.337 e. The van der Waals surface area contributed by atoms with Gasteiger partial charge in [0.25, 0.3) is 0 Å². The first-order chi connectivity index (χ1) is 9.92. The van der Waals surface area contributed by atoms with Gasteiger partial charge in [-0.25, -0.2) is 4.79 Å². The Labute approximate surface area is 121 Å². The highest BCUT2D eigenvalue weighted by Gasteiger charge is 2.21. The lowest BCUT2D eigenvalue weighted by Gasteiger charge is -2.07. The van der Waals surface area contributed by atoms with Crippen molar-refractivity contribution in [2.24, 2.45) is 0 Å². The molecule has 0 atom stereocenters. The average molecular weight is 291 g/mol. The van der Waals surface area contributed by atoms with Gasteiger partial charge in [-0.1, -0.05) is 5.16 Å². The lowest BCUT2D eigenvalue weighted by atomic mass is 10.1. The van der Waals surface area contributed by atoms with E-state index >= 15 is 0 Å². The number of carbonyl (C=O) groups excluding carboxylic acids is 1. The maximum atomic E-state index is 12.0. The van der Waals surface area contributed by atoms with Gasteiger partial charge in [-0.15, -0.1) is 0 Å². The van der Waals surface area contributed by atoms with E-state index in [4.69, 9.17) is 4.52 Å². The van der Waals surface area contributed by atoms with Gasteiger partial charge in [0, 0.05) is 24.5 Å². The number of aromatic nitrogens is 2. The molecule has 0 aliphatic rings. The molecule has 0 radical (unpaired) electrons. The molecule has 0 fully saturated rings. The minimum Gasteiger partial charge on any atom is -0.478 e. The van der Waals surface area contributed by atoms with Crippen molar-refractivity contribution in [3.05, 3.63) is 34.8 Å². The second-order valence-corrected chi connectivity index (χ2v) is 4.77. The Morgan fingerprint density at radius 2 is 2.14 bits per heavy atom. The van der Waals surface area contributed by atoms with Gasteiger partial charge in [0.15, 0.2) is 5.82 Å². The molecule has 0 spiro atoms. The molecule has 112 valence electrons. The first-order valence-corrected chi connectivity index (χ1v) is 6.57. The van der Waals surface area contributed by atoms with Gasteiger partial charge in [0.1, 0.15) is 5.76 Å². The molecular weight excluding hydrogens is 274 g/mol. The Morgan fingerprint density at radius 3 is 2.67 bits per heavy atom. The number of hydrogen-bond acceptors (Lipinski definition) is 4. The predicted octanol–water partition coefficient (Wildman–Crippen LogP) is 1.99. The fourth-order valence-electron chi connectivity index (χ4n) is 2.28. The van der Waals surface area contributed by atoms with Gasteiger partial charge in [0.2, 0.25) is 5.91 Å². The van der Waals surface area contributed by atoms with Crippen molar-refractivity contribution in [3.63, 3.8) is 0 Å². The minimum atomic E-state index is -1.03. The molecule has 0 unspecified atom stereocenters. The van der Waals surface area contributed by atoms with Gasteiger partial charge in [-0.05, 0) is 26.3 Å². The normalized spacial score (nSPS) is 10.6. The van der Waals surface area contributed by atoms with E-state index in [1.165, 1.54) is 0 Å². The van der Waals surface area contributed by atoms with Crippen LogP contribution in [0.25, 0.3) is 0 Å². The number of carboxylic acid groups (broad SMARTS) is 1. The molecule has 2 aromatic heterocycles. The van der Waals surface area contributed by atoms with E-state index in [0.717, 1.165) is 0 Å². The molecule has 0 saturated heterocycles. The van der Waals surface area contributed by atoms with Crippen LogP contribution in [0.2, 0.25) is 0 Å². The maximum Gasteiger partial charge on any atom is 0.337 e. The lowest BCUT2D eigenvalue weighted by molar-refractivity contribution is -0.115. The number of nitrogens with one attached hydrogen (secondary N) is 1. The molecule has 21 heavy (non-hydrogen) atoms. The molecule has 7 nitrogen and oxygen atoms in total. The Kier molecular flexibility index (Phi) is 4.11. The highest BCUT2D eigenvalue weighted by molar-refractivity contribution is 5.96. The summed E-state index contributed by atoms with van der Waals surface area (Å²) in [6, 6.07) is 1.60. The molecule has 0 saturated carbocycles. The van der Waals surface area contributed by atoms with E-state index in [2.05, 4.69) is 10.5 Å². The number of aromatic carboxylic acids is 1. The third-order valence-corrected chi connectivity index (χ3v) is 3.16. The SMILES string of the molecule is CCn1cc(C)c(C(=O)O)c1CC(=O)Nc1cc(C)on1. The quantitative estimate of drug-likeness (QED) is 0.878. The first kappa shape index (κ1) is 14.8. The summed E-state index contributed by atoms with van der Waals surface area (Å²) in [5, 5.41) is 15.5. The van der Waals surface area contributed by atoms with Crippen LogP contribution < -0.4 is 5.32 Å². The van der Waals surface area contributed by atoms with Gasteiger partial charge in [-0.3, -0.25) is 4.79 Å². The van der Waals surface area contributed by atoms with Crippen molar-refractivity contribution in [2.45, 2.75) is 33.7 Å². The Morgan fingerprint density at radius 1 is 1.43 bits per heavy atom. The van der Waals surface area contributed by atoms with Crippen LogP contribution in [0.5, 0.6) is 0 Å². The van der Waals surface area contributed by atoms with E-state index in [9.17, 15) is 14.7 Å². The third-order valence-electron chi connectivity index (χ3n) is 3.16. The van der Waals surface area contributed by atoms with Gasteiger partial charge < -0.3 is 19.5 Å². The van der Waals surface area contributed by atoms with E-state index < -0.39 is 5.97 Å². The molecule has 1 amide bonds. The summed E-state index contributed by atoms with van der Waals surface area (Å²) in [7, 11) is 0. The Balaban J connectivity index is 2.22. The van der Waals surface area contributed by atoms with Gasteiger partial charge in [0.05, 0.1) is 12.0 Å². The van der Waals surface area contributed by atoms with Crippen LogP contribution in [0.1, 0.15) is 34.3 Å². The average Bonchev–Trinajstić information content (AvgIpc) is 2.93. The van der Waals surface area contributed by atoms with Gasteiger partial charge >= 0.3 is 5.97 Å². The number of nitrogens with zero attached hydrogens (tertiary/aromatic N) is 2. The molecule has 2 heterocycles. The van der Waals surface area contributed by atoms with Crippen molar-refractivity contribution >= 4 is 17.7 Å². The van der Waals surface area contributed by atoms with Crippen molar-refractivity contribution in [1.29, 1.82) is 0 Å². The second kappa shape index (κ2) is 5.82. The monoisotopic (exact) mass is 291 g/mol. The van der Waals surface area contributed by atoms with Crippen molar-refractivity contribution in [2.75, 3.05) is 5.32 Å². The number of amides is 1. The highest BCUT2D eigenvalue weighted by atomic mass is 16.5. The zero-order valence-electron chi connectivity index (χ0n) is 12.1. The zero-order valence-corrected chi connectivity index (χ0v) is 12.1. The zero-order chi connectivity index (χ0) is 15.6. The Bertz CT molecular complexity index is 684. The number of aryl methyl sites for hydroxylation is 3. The van der Waals surface area contributed by atoms with Crippen LogP contribution in [0.3, 0.4) is 0 Å². The van der Waals surface area contributed by atoms with E-state index in [-0.39, 0.29) is 17.9 Å². The number of carboxylic acids is 1. The predicted molar refractivity (Wildman–Crippen MR) is 75.4 cm³/mol. The van der Waals surface area contributed by atoms with Crippen LogP contribution in [0, 0.1) is 13.8 Å². The highest BCUT2D eigenvalue weighted by Crippen LogP contribution is 2.19. The van der Waals surface area contributed by atoms with Crippen molar-refractivity contribution in [1.82, 2.24) is 9.72 Å². The molecule has 2 rings (SSSR count). The number of carbonyl (C=O) groups is 2. The van der Waals surface area contributed by atoms with Crippen LogP contribution in [0.4, 0.5) is 5.82 Å². The van der Waals surface area contributed by atoms with Crippen molar-refractivity contribution < 1.29 is 19.2 Å². The Hall–Kier alpha value is -2.57. The second-order valence-electron chi connectivity index (χ2n) is 4.77. The van der Waals surface area contributed by atoms with Gasteiger partial charge in [-0.2, -0.15) is 0 Å². The molecule has 0 aliphatic heterocycles. The van der Waals surface area contributed by atoms with Crippen LogP contribution in [-0.4, -0.2) is 26.7 Å². The number of anilines is 1. The largest absolute Gasteiger partial charge is 0.478 e. The first-order valence-electron chi connectivity index (χ1n) is 6.57. The summed E-state index contributed by atoms with van der Waals surface area (Å²) in [6.45, 7) is 5.93. The summed E-state index contributed by atoms with van der Waals surface area (Å²) < 4.78 is 6.63.